The summed E-state index contributed by atoms with van der Waals surface area (Å²) < 4.78 is 2.40. The minimum absolute atomic E-state index is 0.184. The van der Waals surface area contributed by atoms with Crippen LogP contribution in [0.15, 0.2) is 70.1 Å². The number of hydrogen-bond acceptors (Lipinski definition) is 3. The van der Waals surface area contributed by atoms with Crippen molar-refractivity contribution in [2.75, 3.05) is 11.9 Å². The summed E-state index contributed by atoms with van der Waals surface area (Å²) in [6.07, 6.45) is 1.64. The Hall–Kier alpha value is -2.11. The molecule has 6 heteroatoms. The highest BCUT2D eigenvalue weighted by atomic mass is 79.9. The van der Waals surface area contributed by atoms with Crippen LogP contribution in [0.25, 0.3) is 0 Å². The van der Waals surface area contributed by atoms with Gasteiger partial charge in [-0.15, -0.1) is 0 Å². The number of benzene rings is 2. The normalized spacial score (nSPS) is 10.7. The number of aromatic nitrogens is 2. The summed E-state index contributed by atoms with van der Waals surface area (Å²) in [6.45, 7) is 1.03. The Kier molecular flexibility index (Phi) is 5.56. The van der Waals surface area contributed by atoms with E-state index in [1.54, 1.807) is 6.20 Å². The maximum absolute atomic E-state index is 12.5. The van der Waals surface area contributed by atoms with Gasteiger partial charge in [0, 0.05) is 18.1 Å². The van der Waals surface area contributed by atoms with Gasteiger partial charge in [0.15, 0.2) is 0 Å². The molecule has 0 aliphatic heterocycles. The average Bonchev–Trinajstić information content (AvgIpc) is 2.60. The van der Waals surface area contributed by atoms with Crippen LogP contribution < -0.4 is 10.5 Å². The predicted octanol–water partition coefficient (Wildman–Crippen LogP) is 4.34. The fourth-order valence-electron chi connectivity index (χ4n) is 2.59. The molecule has 1 heterocycles. The second kappa shape index (κ2) is 7.85. The lowest BCUT2D eigenvalue weighted by atomic mass is 10.2. The first-order valence-corrected chi connectivity index (χ1v) is 8.97. The van der Waals surface area contributed by atoms with Crippen LogP contribution in [-0.2, 0) is 13.1 Å². The summed E-state index contributed by atoms with van der Waals surface area (Å²) in [5.74, 6) is 0. The van der Waals surface area contributed by atoms with E-state index in [-0.39, 0.29) is 10.6 Å². The molecule has 128 valence electrons. The van der Waals surface area contributed by atoms with Crippen LogP contribution in [0, 0.1) is 0 Å². The molecule has 0 aliphatic carbocycles. The molecule has 0 saturated carbocycles. The van der Waals surface area contributed by atoms with E-state index in [0.29, 0.717) is 18.8 Å². The summed E-state index contributed by atoms with van der Waals surface area (Å²) in [7, 11) is 1.89. The molecule has 3 aromatic rings. The van der Waals surface area contributed by atoms with E-state index in [0.717, 1.165) is 15.6 Å². The number of hydrogen-bond donors (Lipinski definition) is 0. The third-order valence-electron chi connectivity index (χ3n) is 3.86. The van der Waals surface area contributed by atoms with Gasteiger partial charge in [-0.2, -0.15) is 5.10 Å². The van der Waals surface area contributed by atoms with E-state index in [1.165, 1.54) is 4.68 Å². The lowest BCUT2D eigenvalue weighted by Crippen LogP contribution is -2.27. The van der Waals surface area contributed by atoms with Gasteiger partial charge in [-0.25, -0.2) is 4.68 Å². The van der Waals surface area contributed by atoms with Crippen molar-refractivity contribution in [1.29, 1.82) is 0 Å². The Bertz CT molecular complexity index is 927. The van der Waals surface area contributed by atoms with Crippen LogP contribution in [0.1, 0.15) is 11.1 Å². The zero-order valence-corrected chi connectivity index (χ0v) is 16.0. The molecular weight excluding hydrogens is 402 g/mol. The van der Waals surface area contributed by atoms with Crippen molar-refractivity contribution in [3.8, 4) is 0 Å². The molecule has 0 fully saturated rings. The highest BCUT2D eigenvalue weighted by Gasteiger charge is 2.13. The van der Waals surface area contributed by atoms with E-state index in [1.807, 2.05) is 66.5 Å². The molecule has 0 N–H and O–H groups in total. The van der Waals surface area contributed by atoms with E-state index in [9.17, 15) is 4.79 Å². The van der Waals surface area contributed by atoms with Crippen LogP contribution in [0.4, 0.5) is 5.69 Å². The van der Waals surface area contributed by atoms with Gasteiger partial charge < -0.3 is 4.90 Å². The highest BCUT2D eigenvalue weighted by Crippen LogP contribution is 2.22. The molecule has 2 aromatic carbocycles. The van der Waals surface area contributed by atoms with Gasteiger partial charge in [0.2, 0.25) is 0 Å². The fraction of sp³-hybridized carbons (Fsp3) is 0.158. The second-order valence-electron chi connectivity index (χ2n) is 5.78. The molecular formula is C19H17BrClN3O. The van der Waals surface area contributed by atoms with Gasteiger partial charge in [-0.1, -0.05) is 70.0 Å². The molecule has 0 saturated heterocycles. The standard InChI is InChI=1S/C19H17BrClN3O/c1-23(12-15-8-5-9-16(20)10-15)17-11-22-24(19(25)18(17)21)13-14-6-3-2-4-7-14/h2-11H,12-13H2,1H3. The fourth-order valence-corrected chi connectivity index (χ4v) is 3.32. The lowest BCUT2D eigenvalue weighted by molar-refractivity contribution is 0.637. The van der Waals surface area contributed by atoms with Crippen molar-refractivity contribution in [3.63, 3.8) is 0 Å². The van der Waals surface area contributed by atoms with Crippen molar-refractivity contribution < 1.29 is 0 Å². The molecule has 0 bridgehead atoms. The van der Waals surface area contributed by atoms with Crippen molar-refractivity contribution >= 4 is 33.2 Å². The Morgan fingerprint density at radius 2 is 1.84 bits per heavy atom. The summed E-state index contributed by atoms with van der Waals surface area (Å²) in [6, 6.07) is 17.7. The van der Waals surface area contributed by atoms with Crippen LogP contribution in [0.5, 0.6) is 0 Å². The monoisotopic (exact) mass is 417 g/mol. The summed E-state index contributed by atoms with van der Waals surface area (Å²) in [5, 5.41) is 4.47. The number of halogens is 2. The first kappa shape index (κ1) is 17.7. The minimum atomic E-state index is -0.288. The van der Waals surface area contributed by atoms with Gasteiger partial charge in [0.25, 0.3) is 5.56 Å². The second-order valence-corrected chi connectivity index (χ2v) is 7.07. The van der Waals surface area contributed by atoms with Gasteiger partial charge in [0.1, 0.15) is 5.02 Å². The zero-order chi connectivity index (χ0) is 17.8. The Balaban J connectivity index is 1.83. The predicted molar refractivity (Wildman–Crippen MR) is 105 cm³/mol. The van der Waals surface area contributed by atoms with Crippen molar-refractivity contribution in [3.05, 3.63) is 91.8 Å². The quantitative estimate of drug-likeness (QED) is 0.618. The highest BCUT2D eigenvalue weighted by molar-refractivity contribution is 9.10. The molecule has 0 atom stereocenters. The first-order chi connectivity index (χ1) is 12.0. The summed E-state index contributed by atoms with van der Waals surface area (Å²) in [5.41, 5.74) is 2.45. The average molecular weight is 419 g/mol. The molecule has 0 radical (unpaired) electrons. The number of nitrogens with zero attached hydrogens (tertiary/aromatic N) is 3. The molecule has 25 heavy (non-hydrogen) atoms. The molecule has 3 rings (SSSR count). The maximum Gasteiger partial charge on any atom is 0.287 e. The van der Waals surface area contributed by atoms with Crippen LogP contribution in [0.2, 0.25) is 5.02 Å². The minimum Gasteiger partial charge on any atom is -0.368 e. The van der Waals surface area contributed by atoms with Crippen LogP contribution in [-0.4, -0.2) is 16.8 Å². The van der Waals surface area contributed by atoms with Gasteiger partial charge in [-0.05, 0) is 23.3 Å². The topological polar surface area (TPSA) is 38.1 Å². The first-order valence-electron chi connectivity index (χ1n) is 7.80. The molecule has 0 amide bonds. The van der Waals surface area contributed by atoms with E-state index >= 15 is 0 Å². The maximum atomic E-state index is 12.5. The van der Waals surface area contributed by atoms with Crippen molar-refractivity contribution in [2.45, 2.75) is 13.1 Å². The summed E-state index contributed by atoms with van der Waals surface area (Å²) in [4.78, 5) is 14.5. The molecule has 4 nitrogen and oxygen atoms in total. The number of rotatable bonds is 5. The van der Waals surface area contributed by atoms with Gasteiger partial charge in [-0.3, -0.25) is 4.79 Å². The van der Waals surface area contributed by atoms with Crippen molar-refractivity contribution in [2.24, 2.45) is 0 Å². The Labute approximate surface area is 159 Å². The summed E-state index contributed by atoms with van der Waals surface area (Å²) >= 11 is 9.80. The van der Waals surface area contributed by atoms with Crippen LogP contribution >= 0.6 is 27.5 Å². The SMILES string of the molecule is CN(Cc1cccc(Br)c1)c1cnn(Cc2ccccc2)c(=O)c1Cl. The van der Waals surface area contributed by atoms with Crippen LogP contribution in [0.3, 0.4) is 0 Å². The zero-order valence-electron chi connectivity index (χ0n) is 13.7. The molecule has 0 spiro atoms. The van der Waals surface area contributed by atoms with E-state index in [2.05, 4.69) is 21.0 Å². The molecule has 0 unspecified atom stereocenters. The third-order valence-corrected chi connectivity index (χ3v) is 4.71. The van der Waals surface area contributed by atoms with Gasteiger partial charge >= 0.3 is 0 Å². The number of anilines is 1. The van der Waals surface area contributed by atoms with Crippen molar-refractivity contribution in [1.82, 2.24) is 9.78 Å². The third kappa shape index (κ3) is 4.30. The van der Waals surface area contributed by atoms with Gasteiger partial charge in [0.05, 0.1) is 18.4 Å². The van der Waals surface area contributed by atoms with E-state index in [4.69, 9.17) is 11.6 Å². The largest absolute Gasteiger partial charge is 0.368 e. The lowest BCUT2D eigenvalue weighted by Gasteiger charge is -2.20. The Morgan fingerprint density at radius 3 is 2.56 bits per heavy atom. The molecule has 0 aliphatic rings. The Morgan fingerprint density at radius 1 is 1.12 bits per heavy atom. The smallest absolute Gasteiger partial charge is 0.287 e. The van der Waals surface area contributed by atoms with E-state index < -0.39 is 0 Å². The molecule has 1 aromatic heterocycles.